The lowest BCUT2D eigenvalue weighted by atomic mass is 9.97. The monoisotopic (exact) mass is 351 g/mol. The second-order valence-electron chi connectivity index (χ2n) is 7.08. The SMILES string of the molecule is Cc1ccc(S(=O)(=O)NCC2CCCN(C(=O)C3(N)CC3)C2)cc1. The summed E-state index contributed by atoms with van der Waals surface area (Å²) in [6.45, 7) is 3.56. The van der Waals surface area contributed by atoms with Gasteiger partial charge in [-0.25, -0.2) is 13.1 Å². The summed E-state index contributed by atoms with van der Waals surface area (Å²) in [5, 5.41) is 0. The summed E-state index contributed by atoms with van der Waals surface area (Å²) in [4.78, 5) is 14.4. The fourth-order valence-electron chi connectivity index (χ4n) is 3.11. The molecule has 0 aromatic heterocycles. The fourth-order valence-corrected chi connectivity index (χ4v) is 4.22. The number of hydrogen-bond donors (Lipinski definition) is 2. The van der Waals surface area contributed by atoms with Gasteiger partial charge in [0, 0.05) is 19.6 Å². The number of amides is 1. The molecule has 3 N–H and O–H groups in total. The van der Waals surface area contributed by atoms with Crippen molar-refractivity contribution >= 4 is 15.9 Å². The van der Waals surface area contributed by atoms with Gasteiger partial charge in [0.2, 0.25) is 15.9 Å². The van der Waals surface area contributed by atoms with Crippen LogP contribution < -0.4 is 10.5 Å². The van der Waals surface area contributed by atoms with E-state index in [9.17, 15) is 13.2 Å². The topological polar surface area (TPSA) is 92.5 Å². The standard InChI is InChI=1S/C17H25N3O3S/c1-13-4-6-15(7-5-13)24(22,23)19-11-14-3-2-10-20(12-14)16(21)17(18)8-9-17/h4-7,14,19H,2-3,8-12,18H2,1H3. The van der Waals surface area contributed by atoms with E-state index in [1.54, 1.807) is 29.2 Å². The van der Waals surface area contributed by atoms with Crippen LogP contribution in [0.2, 0.25) is 0 Å². The third kappa shape index (κ3) is 3.79. The lowest BCUT2D eigenvalue weighted by molar-refractivity contribution is -0.135. The minimum absolute atomic E-state index is 0.0218. The average Bonchev–Trinajstić information content (AvgIpc) is 3.32. The van der Waals surface area contributed by atoms with Crippen molar-refractivity contribution in [3.05, 3.63) is 29.8 Å². The minimum atomic E-state index is -3.51. The molecule has 1 atom stereocenters. The highest BCUT2D eigenvalue weighted by Gasteiger charge is 2.48. The van der Waals surface area contributed by atoms with Gasteiger partial charge in [-0.2, -0.15) is 0 Å². The van der Waals surface area contributed by atoms with Gasteiger partial charge in [0.15, 0.2) is 0 Å². The molecule has 6 nitrogen and oxygen atoms in total. The molecule has 0 radical (unpaired) electrons. The van der Waals surface area contributed by atoms with Crippen molar-refractivity contribution in [2.24, 2.45) is 11.7 Å². The first-order valence-corrected chi connectivity index (χ1v) is 9.93. The molecule has 0 spiro atoms. The number of nitrogens with one attached hydrogen (secondary N) is 1. The highest BCUT2D eigenvalue weighted by Crippen LogP contribution is 2.35. The Kier molecular flexibility index (Phi) is 4.68. The molecule has 1 saturated carbocycles. The second kappa shape index (κ2) is 6.46. The number of aryl methyl sites for hydroxylation is 1. The summed E-state index contributed by atoms with van der Waals surface area (Å²) in [5.41, 5.74) is 6.37. The predicted molar refractivity (Wildman–Crippen MR) is 91.8 cm³/mol. The van der Waals surface area contributed by atoms with Crippen LogP contribution in [0.25, 0.3) is 0 Å². The van der Waals surface area contributed by atoms with E-state index in [1.165, 1.54) is 0 Å². The molecule has 132 valence electrons. The molecule has 24 heavy (non-hydrogen) atoms. The number of rotatable bonds is 5. The molecular formula is C17H25N3O3S. The van der Waals surface area contributed by atoms with E-state index in [2.05, 4.69) is 4.72 Å². The van der Waals surface area contributed by atoms with Crippen LogP contribution in [0, 0.1) is 12.8 Å². The Balaban J connectivity index is 1.57. The molecule has 1 aliphatic heterocycles. The van der Waals surface area contributed by atoms with E-state index in [4.69, 9.17) is 5.73 Å². The van der Waals surface area contributed by atoms with Crippen molar-refractivity contribution in [3.8, 4) is 0 Å². The molecule has 1 saturated heterocycles. The van der Waals surface area contributed by atoms with Crippen LogP contribution in [-0.4, -0.2) is 44.4 Å². The van der Waals surface area contributed by atoms with E-state index in [0.29, 0.717) is 13.1 Å². The highest BCUT2D eigenvalue weighted by molar-refractivity contribution is 7.89. The summed E-state index contributed by atoms with van der Waals surface area (Å²) in [6.07, 6.45) is 3.32. The number of likely N-dealkylation sites (tertiary alicyclic amines) is 1. The van der Waals surface area contributed by atoms with Crippen molar-refractivity contribution in [1.82, 2.24) is 9.62 Å². The molecule has 1 aromatic rings. The summed E-state index contributed by atoms with van der Waals surface area (Å²) in [5.74, 6) is 0.152. The number of sulfonamides is 1. The van der Waals surface area contributed by atoms with E-state index in [1.807, 2.05) is 6.92 Å². The summed E-state index contributed by atoms with van der Waals surface area (Å²) in [6, 6.07) is 6.79. The zero-order valence-electron chi connectivity index (χ0n) is 14.0. The van der Waals surface area contributed by atoms with Crippen LogP contribution in [0.5, 0.6) is 0 Å². The number of hydrogen-bond acceptors (Lipinski definition) is 4. The Morgan fingerprint density at radius 1 is 1.33 bits per heavy atom. The number of carbonyl (C=O) groups is 1. The molecule has 1 aliphatic carbocycles. The molecular weight excluding hydrogens is 326 g/mol. The third-order valence-corrected chi connectivity index (χ3v) is 6.35. The summed E-state index contributed by atoms with van der Waals surface area (Å²) >= 11 is 0. The Hall–Kier alpha value is -1.44. The van der Waals surface area contributed by atoms with Crippen LogP contribution in [0.1, 0.15) is 31.2 Å². The van der Waals surface area contributed by atoms with Gasteiger partial charge in [-0.15, -0.1) is 0 Å². The first-order valence-electron chi connectivity index (χ1n) is 8.45. The molecule has 1 amide bonds. The van der Waals surface area contributed by atoms with Crippen LogP contribution in [-0.2, 0) is 14.8 Å². The van der Waals surface area contributed by atoms with E-state index >= 15 is 0 Å². The quantitative estimate of drug-likeness (QED) is 0.828. The fraction of sp³-hybridized carbons (Fsp3) is 0.588. The number of benzene rings is 1. The number of nitrogens with zero attached hydrogens (tertiary/aromatic N) is 1. The van der Waals surface area contributed by atoms with Gasteiger partial charge in [0.1, 0.15) is 0 Å². The number of piperidine rings is 1. The summed E-state index contributed by atoms with van der Waals surface area (Å²) in [7, 11) is -3.51. The normalized spacial score (nSPS) is 23.1. The maximum absolute atomic E-state index is 12.4. The lowest BCUT2D eigenvalue weighted by Crippen LogP contribution is -2.50. The summed E-state index contributed by atoms with van der Waals surface area (Å²) < 4.78 is 27.4. The molecule has 7 heteroatoms. The zero-order chi connectivity index (χ0) is 17.4. The smallest absolute Gasteiger partial charge is 0.242 e. The van der Waals surface area contributed by atoms with Gasteiger partial charge in [-0.1, -0.05) is 17.7 Å². The maximum atomic E-state index is 12.4. The molecule has 1 heterocycles. The van der Waals surface area contributed by atoms with Gasteiger partial charge < -0.3 is 10.6 Å². The Morgan fingerprint density at radius 2 is 2.00 bits per heavy atom. The van der Waals surface area contributed by atoms with E-state index in [-0.39, 0.29) is 16.7 Å². The molecule has 2 aliphatic rings. The largest absolute Gasteiger partial charge is 0.341 e. The lowest BCUT2D eigenvalue weighted by Gasteiger charge is -2.34. The van der Waals surface area contributed by atoms with E-state index in [0.717, 1.165) is 37.8 Å². The highest BCUT2D eigenvalue weighted by atomic mass is 32.2. The van der Waals surface area contributed by atoms with Crippen molar-refractivity contribution in [3.63, 3.8) is 0 Å². The average molecular weight is 351 g/mol. The molecule has 1 aromatic carbocycles. The first-order chi connectivity index (χ1) is 11.3. The zero-order valence-corrected chi connectivity index (χ0v) is 14.8. The van der Waals surface area contributed by atoms with Crippen molar-refractivity contribution in [2.75, 3.05) is 19.6 Å². The predicted octanol–water partition coefficient (Wildman–Crippen LogP) is 1.00. The van der Waals surface area contributed by atoms with Gasteiger partial charge >= 0.3 is 0 Å². The first kappa shape index (κ1) is 17.4. The van der Waals surface area contributed by atoms with Crippen molar-refractivity contribution < 1.29 is 13.2 Å². The van der Waals surface area contributed by atoms with Crippen molar-refractivity contribution in [1.29, 1.82) is 0 Å². The maximum Gasteiger partial charge on any atom is 0.242 e. The molecule has 3 rings (SSSR count). The van der Waals surface area contributed by atoms with Gasteiger partial charge in [-0.05, 0) is 50.7 Å². The Labute approximate surface area is 143 Å². The minimum Gasteiger partial charge on any atom is -0.341 e. The van der Waals surface area contributed by atoms with Gasteiger partial charge in [0.25, 0.3) is 0 Å². The molecule has 2 fully saturated rings. The number of carbonyl (C=O) groups excluding carboxylic acids is 1. The van der Waals surface area contributed by atoms with Gasteiger partial charge in [0.05, 0.1) is 10.4 Å². The third-order valence-electron chi connectivity index (χ3n) is 4.91. The Morgan fingerprint density at radius 3 is 2.62 bits per heavy atom. The van der Waals surface area contributed by atoms with Crippen LogP contribution in [0.4, 0.5) is 0 Å². The molecule has 0 bridgehead atoms. The van der Waals surface area contributed by atoms with Crippen LogP contribution in [0.15, 0.2) is 29.2 Å². The second-order valence-corrected chi connectivity index (χ2v) is 8.85. The van der Waals surface area contributed by atoms with E-state index < -0.39 is 15.6 Å². The van der Waals surface area contributed by atoms with Crippen molar-refractivity contribution in [2.45, 2.75) is 43.0 Å². The number of nitrogens with two attached hydrogens (primary N) is 1. The van der Waals surface area contributed by atoms with Crippen LogP contribution >= 0.6 is 0 Å². The van der Waals surface area contributed by atoms with Crippen LogP contribution in [0.3, 0.4) is 0 Å². The molecule has 1 unspecified atom stereocenters. The Bertz CT molecular complexity index is 711. The van der Waals surface area contributed by atoms with Gasteiger partial charge in [-0.3, -0.25) is 4.79 Å².